The Morgan fingerprint density at radius 1 is 1.33 bits per heavy atom. The van der Waals surface area contributed by atoms with Gasteiger partial charge < -0.3 is 5.11 Å². The van der Waals surface area contributed by atoms with Crippen molar-refractivity contribution in [3.05, 3.63) is 0 Å². The SMILES string of the molecule is CCO.O=S(=O)(O)O.[Mn]. The summed E-state index contributed by atoms with van der Waals surface area (Å²) >= 11 is 0. The summed E-state index contributed by atoms with van der Waals surface area (Å²) in [5.74, 6) is 0. The van der Waals surface area contributed by atoms with Crippen molar-refractivity contribution >= 4 is 10.4 Å². The average Bonchev–Trinajstić information content (AvgIpc) is 1.27. The summed E-state index contributed by atoms with van der Waals surface area (Å²) < 4.78 is 31.6. The molecule has 0 amide bonds. The van der Waals surface area contributed by atoms with E-state index >= 15 is 0 Å². The van der Waals surface area contributed by atoms with Gasteiger partial charge in [0.1, 0.15) is 0 Å². The average molecular weight is 199 g/mol. The first-order valence-electron chi connectivity index (χ1n) is 1.72. The van der Waals surface area contributed by atoms with Gasteiger partial charge in [-0.25, -0.2) is 0 Å². The Kier molecular flexibility index (Phi) is 15.0. The van der Waals surface area contributed by atoms with E-state index in [4.69, 9.17) is 22.6 Å². The van der Waals surface area contributed by atoms with Gasteiger partial charge in [-0.05, 0) is 6.92 Å². The van der Waals surface area contributed by atoms with Crippen molar-refractivity contribution in [2.75, 3.05) is 6.61 Å². The summed E-state index contributed by atoms with van der Waals surface area (Å²) in [5.41, 5.74) is 0. The van der Waals surface area contributed by atoms with Crippen molar-refractivity contribution in [2.24, 2.45) is 0 Å². The topological polar surface area (TPSA) is 94.8 Å². The van der Waals surface area contributed by atoms with Crippen LogP contribution in [0.15, 0.2) is 0 Å². The number of rotatable bonds is 0. The molecule has 0 heterocycles. The van der Waals surface area contributed by atoms with Crippen LogP contribution in [0.25, 0.3) is 0 Å². The minimum Gasteiger partial charge on any atom is -0.397 e. The molecule has 9 heavy (non-hydrogen) atoms. The molecule has 1 radical (unpaired) electrons. The standard InChI is InChI=1S/C2H6O.Mn.H2O4S/c1-2-3;;1-5(2,3)4/h3H,2H2,1H3;;(H2,1,2,3,4). The minimum absolute atomic E-state index is 0. The molecule has 0 aliphatic carbocycles. The third-order valence-corrected chi connectivity index (χ3v) is 0. The van der Waals surface area contributed by atoms with Crippen LogP contribution in [-0.2, 0) is 27.5 Å². The molecule has 59 valence electrons. The van der Waals surface area contributed by atoms with E-state index in [1.165, 1.54) is 0 Å². The molecule has 0 aliphatic rings. The fourth-order valence-corrected chi connectivity index (χ4v) is 0. The van der Waals surface area contributed by atoms with Gasteiger partial charge in [-0.2, -0.15) is 8.42 Å². The first kappa shape index (κ1) is 16.2. The van der Waals surface area contributed by atoms with E-state index in [0.29, 0.717) is 0 Å². The summed E-state index contributed by atoms with van der Waals surface area (Å²) in [6.07, 6.45) is 0. The van der Waals surface area contributed by atoms with Crippen molar-refractivity contribution in [2.45, 2.75) is 6.92 Å². The molecule has 0 aliphatic heterocycles. The number of aliphatic hydroxyl groups is 1. The van der Waals surface area contributed by atoms with E-state index in [9.17, 15) is 0 Å². The second-order valence-electron chi connectivity index (χ2n) is 0.764. The van der Waals surface area contributed by atoms with Gasteiger partial charge in [0.2, 0.25) is 0 Å². The van der Waals surface area contributed by atoms with E-state index in [0.717, 1.165) is 0 Å². The summed E-state index contributed by atoms with van der Waals surface area (Å²) in [6.45, 7) is 1.93. The van der Waals surface area contributed by atoms with Crippen molar-refractivity contribution in [3.63, 3.8) is 0 Å². The molecule has 0 bridgehead atoms. The molecule has 5 nitrogen and oxygen atoms in total. The third kappa shape index (κ3) is 2760. The zero-order chi connectivity index (χ0) is 7.21. The molecule has 0 aromatic carbocycles. The maximum atomic E-state index is 8.74. The van der Waals surface area contributed by atoms with Gasteiger partial charge in [0.05, 0.1) is 0 Å². The Labute approximate surface area is 64.1 Å². The molecular weight excluding hydrogens is 191 g/mol. The molecule has 0 unspecified atom stereocenters. The van der Waals surface area contributed by atoms with E-state index in [1.54, 1.807) is 6.92 Å². The molecule has 0 fully saturated rings. The summed E-state index contributed by atoms with van der Waals surface area (Å²) in [4.78, 5) is 0. The monoisotopic (exact) mass is 199 g/mol. The van der Waals surface area contributed by atoms with Crippen molar-refractivity contribution in [1.82, 2.24) is 0 Å². The van der Waals surface area contributed by atoms with Gasteiger partial charge >= 0.3 is 10.4 Å². The zero-order valence-corrected chi connectivity index (χ0v) is 6.65. The van der Waals surface area contributed by atoms with Crippen LogP contribution in [-0.4, -0.2) is 29.2 Å². The first-order chi connectivity index (χ1) is 3.41. The van der Waals surface area contributed by atoms with Crippen LogP contribution in [0, 0.1) is 0 Å². The van der Waals surface area contributed by atoms with Crippen LogP contribution in [0.4, 0.5) is 0 Å². The second kappa shape index (κ2) is 8.35. The predicted molar refractivity (Wildman–Crippen MR) is 26.9 cm³/mol. The van der Waals surface area contributed by atoms with E-state index in [2.05, 4.69) is 0 Å². The van der Waals surface area contributed by atoms with Gasteiger partial charge in [0.15, 0.2) is 0 Å². The van der Waals surface area contributed by atoms with Gasteiger partial charge in [-0.3, -0.25) is 9.11 Å². The van der Waals surface area contributed by atoms with E-state index < -0.39 is 10.4 Å². The Bertz CT molecular complexity index is 109. The van der Waals surface area contributed by atoms with Crippen molar-refractivity contribution < 1.29 is 39.7 Å². The molecule has 0 aromatic rings. The van der Waals surface area contributed by atoms with E-state index in [-0.39, 0.29) is 23.7 Å². The molecule has 0 atom stereocenters. The van der Waals surface area contributed by atoms with Crippen LogP contribution >= 0.6 is 0 Å². The molecule has 3 N–H and O–H groups in total. The Hall–Kier alpha value is 0.349. The maximum absolute atomic E-state index is 8.74. The molecule has 0 aromatic heterocycles. The predicted octanol–water partition coefficient (Wildman–Crippen LogP) is -0.657. The fraction of sp³-hybridized carbons (Fsp3) is 1.00. The molecular formula is C2H8MnO5S. The Morgan fingerprint density at radius 3 is 1.33 bits per heavy atom. The molecule has 0 saturated heterocycles. The fourth-order valence-electron chi connectivity index (χ4n) is 0. The molecule has 0 spiro atoms. The molecule has 7 heteroatoms. The van der Waals surface area contributed by atoms with Crippen LogP contribution in [0.3, 0.4) is 0 Å². The quantitative estimate of drug-likeness (QED) is 0.355. The van der Waals surface area contributed by atoms with Gasteiger partial charge in [0.25, 0.3) is 0 Å². The van der Waals surface area contributed by atoms with Gasteiger partial charge in [-0.1, -0.05) is 0 Å². The minimum atomic E-state index is -4.67. The Balaban J connectivity index is -0.0000000800. The Morgan fingerprint density at radius 2 is 1.33 bits per heavy atom. The number of hydrogen-bond acceptors (Lipinski definition) is 3. The van der Waals surface area contributed by atoms with Gasteiger partial charge in [-0.15, -0.1) is 0 Å². The van der Waals surface area contributed by atoms with Crippen LogP contribution in [0.5, 0.6) is 0 Å². The summed E-state index contributed by atoms with van der Waals surface area (Å²) in [7, 11) is -4.67. The zero-order valence-electron chi connectivity index (χ0n) is 4.65. The number of hydrogen-bond donors (Lipinski definition) is 3. The van der Waals surface area contributed by atoms with Crippen LogP contribution in [0.2, 0.25) is 0 Å². The summed E-state index contributed by atoms with van der Waals surface area (Å²) in [5, 5.41) is 7.57. The normalized spacial score (nSPS) is 8.44. The van der Waals surface area contributed by atoms with Crippen molar-refractivity contribution in [3.8, 4) is 0 Å². The second-order valence-corrected chi connectivity index (χ2v) is 1.66. The van der Waals surface area contributed by atoms with E-state index in [1.807, 2.05) is 0 Å². The van der Waals surface area contributed by atoms with Crippen LogP contribution < -0.4 is 0 Å². The number of aliphatic hydroxyl groups excluding tert-OH is 1. The molecule has 0 saturated carbocycles. The third-order valence-electron chi connectivity index (χ3n) is 0. The summed E-state index contributed by atoms with van der Waals surface area (Å²) in [6, 6.07) is 0. The maximum Gasteiger partial charge on any atom is 0.394 e. The smallest absolute Gasteiger partial charge is 0.394 e. The molecule has 0 rings (SSSR count). The van der Waals surface area contributed by atoms with Crippen molar-refractivity contribution in [1.29, 1.82) is 0 Å². The van der Waals surface area contributed by atoms with Gasteiger partial charge in [0, 0.05) is 23.7 Å². The largest absolute Gasteiger partial charge is 0.397 e. The van der Waals surface area contributed by atoms with Crippen LogP contribution in [0.1, 0.15) is 6.92 Å². The first-order valence-corrected chi connectivity index (χ1v) is 3.12.